The minimum atomic E-state index is -4.50. The van der Waals surface area contributed by atoms with Gasteiger partial charge in [-0.15, -0.1) is 0 Å². The Labute approximate surface area is 137 Å². The van der Waals surface area contributed by atoms with Crippen LogP contribution < -0.4 is 9.47 Å². The van der Waals surface area contributed by atoms with Crippen molar-refractivity contribution in [2.45, 2.75) is 31.5 Å². The highest BCUT2D eigenvalue weighted by Crippen LogP contribution is 2.45. The second-order valence-electron chi connectivity index (χ2n) is 5.73. The average molecular weight is 340 g/mol. The molecule has 0 heterocycles. The zero-order chi connectivity index (χ0) is 17.3. The lowest BCUT2D eigenvalue weighted by atomic mass is 10.1. The number of hydrogen-bond acceptors (Lipinski definition) is 2. The third kappa shape index (κ3) is 3.47. The number of methoxy groups -OCH3 is 1. The molecule has 0 atom stereocenters. The standard InChI is InChI=1S/C18H16F4O2/c1-23-16-4-2-3-15(18(20,21)22)14(16)10-24-17-8-7-12(19)9-13(17)11-5-6-11/h2-4,7-9,11H,5-6,10H2,1H3. The fourth-order valence-electron chi connectivity index (χ4n) is 2.69. The predicted octanol–water partition coefficient (Wildman–Crippen LogP) is 5.31. The summed E-state index contributed by atoms with van der Waals surface area (Å²) in [5, 5.41) is 0. The molecule has 0 saturated heterocycles. The average Bonchev–Trinajstić information content (AvgIpc) is 3.37. The van der Waals surface area contributed by atoms with Crippen molar-refractivity contribution in [3.63, 3.8) is 0 Å². The Kier molecular flexibility index (Phi) is 4.39. The molecule has 3 rings (SSSR count). The molecule has 128 valence electrons. The summed E-state index contributed by atoms with van der Waals surface area (Å²) in [6.07, 6.45) is -2.64. The number of ether oxygens (including phenoxy) is 2. The van der Waals surface area contributed by atoms with Crippen molar-refractivity contribution in [2.24, 2.45) is 0 Å². The molecule has 0 unspecified atom stereocenters. The highest BCUT2D eigenvalue weighted by atomic mass is 19.4. The molecule has 2 nitrogen and oxygen atoms in total. The predicted molar refractivity (Wildman–Crippen MR) is 80.7 cm³/mol. The van der Waals surface area contributed by atoms with E-state index >= 15 is 0 Å². The monoisotopic (exact) mass is 340 g/mol. The summed E-state index contributed by atoms with van der Waals surface area (Å²) >= 11 is 0. The lowest BCUT2D eigenvalue weighted by molar-refractivity contribution is -0.138. The molecule has 0 N–H and O–H groups in total. The van der Waals surface area contributed by atoms with Gasteiger partial charge in [-0.05, 0) is 49.1 Å². The first-order valence-electron chi connectivity index (χ1n) is 7.55. The van der Waals surface area contributed by atoms with E-state index < -0.39 is 11.7 Å². The van der Waals surface area contributed by atoms with Gasteiger partial charge in [0.1, 0.15) is 23.9 Å². The summed E-state index contributed by atoms with van der Waals surface area (Å²) in [6.45, 7) is -0.301. The van der Waals surface area contributed by atoms with E-state index in [1.807, 2.05) is 0 Å². The largest absolute Gasteiger partial charge is 0.496 e. The van der Waals surface area contributed by atoms with Crippen molar-refractivity contribution in [1.82, 2.24) is 0 Å². The number of hydrogen-bond donors (Lipinski definition) is 0. The molecule has 6 heteroatoms. The summed E-state index contributed by atoms with van der Waals surface area (Å²) in [5.74, 6) is 0.366. The van der Waals surface area contributed by atoms with Crippen LogP contribution in [0.4, 0.5) is 17.6 Å². The molecule has 0 spiro atoms. The Morgan fingerprint density at radius 1 is 1.08 bits per heavy atom. The number of rotatable bonds is 5. The minimum absolute atomic E-state index is 0.0708. The lowest BCUT2D eigenvalue weighted by Crippen LogP contribution is -2.12. The number of alkyl halides is 3. The maximum absolute atomic E-state index is 13.4. The van der Waals surface area contributed by atoms with Crippen LogP contribution in [0.1, 0.15) is 35.4 Å². The summed E-state index contributed by atoms with van der Waals surface area (Å²) < 4.78 is 63.7. The normalized spacial score (nSPS) is 14.5. The Balaban J connectivity index is 1.90. The molecular weight excluding hydrogens is 324 g/mol. The van der Waals surface area contributed by atoms with Gasteiger partial charge < -0.3 is 9.47 Å². The van der Waals surface area contributed by atoms with Crippen LogP contribution in [-0.4, -0.2) is 7.11 Å². The third-order valence-electron chi connectivity index (χ3n) is 4.02. The third-order valence-corrected chi connectivity index (χ3v) is 4.02. The molecule has 0 radical (unpaired) electrons. The van der Waals surface area contributed by atoms with Gasteiger partial charge in [0, 0.05) is 11.1 Å². The van der Waals surface area contributed by atoms with Gasteiger partial charge in [0.05, 0.1) is 12.7 Å². The molecule has 2 aromatic rings. The van der Waals surface area contributed by atoms with E-state index in [0.717, 1.165) is 18.9 Å². The van der Waals surface area contributed by atoms with Gasteiger partial charge in [-0.2, -0.15) is 13.2 Å². The molecule has 0 bridgehead atoms. The van der Waals surface area contributed by atoms with Crippen LogP contribution in [-0.2, 0) is 12.8 Å². The fourth-order valence-corrected chi connectivity index (χ4v) is 2.69. The summed E-state index contributed by atoms with van der Waals surface area (Å²) in [6, 6.07) is 7.84. The van der Waals surface area contributed by atoms with E-state index in [1.54, 1.807) is 0 Å². The Morgan fingerprint density at radius 3 is 2.46 bits per heavy atom. The first-order valence-corrected chi connectivity index (χ1v) is 7.55. The second-order valence-corrected chi connectivity index (χ2v) is 5.73. The molecule has 1 aliphatic rings. The molecule has 0 amide bonds. The van der Waals surface area contributed by atoms with Gasteiger partial charge in [0.2, 0.25) is 0 Å². The highest BCUT2D eigenvalue weighted by molar-refractivity contribution is 5.43. The van der Waals surface area contributed by atoms with E-state index in [-0.39, 0.29) is 29.7 Å². The van der Waals surface area contributed by atoms with Gasteiger partial charge in [-0.25, -0.2) is 4.39 Å². The first kappa shape index (κ1) is 16.6. The van der Waals surface area contributed by atoms with Crippen LogP contribution in [0.5, 0.6) is 11.5 Å². The van der Waals surface area contributed by atoms with Crippen LogP contribution in [0.25, 0.3) is 0 Å². The van der Waals surface area contributed by atoms with E-state index in [0.29, 0.717) is 11.3 Å². The zero-order valence-corrected chi connectivity index (χ0v) is 13.0. The van der Waals surface area contributed by atoms with Crippen LogP contribution in [0.3, 0.4) is 0 Å². The molecule has 2 aromatic carbocycles. The first-order chi connectivity index (χ1) is 11.4. The molecule has 0 aliphatic heterocycles. The number of benzene rings is 2. The molecule has 0 aromatic heterocycles. The van der Waals surface area contributed by atoms with Crippen LogP contribution in [0.15, 0.2) is 36.4 Å². The zero-order valence-electron chi connectivity index (χ0n) is 13.0. The van der Waals surface area contributed by atoms with Crippen molar-refractivity contribution in [2.75, 3.05) is 7.11 Å². The summed E-state index contributed by atoms with van der Waals surface area (Å²) in [4.78, 5) is 0. The van der Waals surface area contributed by atoms with Gasteiger partial charge in [0.15, 0.2) is 0 Å². The Morgan fingerprint density at radius 2 is 1.83 bits per heavy atom. The van der Waals surface area contributed by atoms with Crippen LogP contribution >= 0.6 is 0 Å². The quantitative estimate of drug-likeness (QED) is 0.687. The van der Waals surface area contributed by atoms with Crippen molar-refractivity contribution in [1.29, 1.82) is 0 Å². The Hall–Kier alpha value is -2.24. The molecule has 1 fully saturated rings. The molecule has 1 saturated carbocycles. The van der Waals surface area contributed by atoms with E-state index in [2.05, 4.69) is 0 Å². The van der Waals surface area contributed by atoms with Crippen LogP contribution in [0, 0.1) is 5.82 Å². The highest BCUT2D eigenvalue weighted by Gasteiger charge is 2.35. The van der Waals surface area contributed by atoms with Gasteiger partial charge >= 0.3 is 6.18 Å². The van der Waals surface area contributed by atoms with E-state index in [9.17, 15) is 17.6 Å². The summed E-state index contributed by atoms with van der Waals surface area (Å²) in [5.41, 5.74) is -0.158. The molecule has 24 heavy (non-hydrogen) atoms. The molecular formula is C18H16F4O2. The number of halogens is 4. The minimum Gasteiger partial charge on any atom is -0.496 e. The maximum atomic E-state index is 13.4. The topological polar surface area (TPSA) is 18.5 Å². The van der Waals surface area contributed by atoms with Crippen molar-refractivity contribution in [3.05, 3.63) is 58.9 Å². The van der Waals surface area contributed by atoms with Gasteiger partial charge in [0.25, 0.3) is 0 Å². The SMILES string of the molecule is COc1cccc(C(F)(F)F)c1COc1ccc(F)cc1C1CC1. The van der Waals surface area contributed by atoms with Crippen LogP contribution in [0.2, 0.25) is 0 Å². The Bertz CT molecular complexity index is 736. The van der Waals surface area contributed by atoms with Gasteiger partial charge in [-0.1, -0.05) is 6.07 Å². The molecule has 1 aliphatic carbocycles. The summed E-state index contributed by atoms with van der Waals surface area (Å²) in [7, 11) is 1.31. The van der Waals surface area contributed by atoms with Crippen molar-refractivity contribution in [3.8, 4) is 11.5 Å². The smallest absolute Gasteiger partial charge is 0.416 e. The maximum Gasteiger partial charge on any atom is 0.416 e. The van der Waals surface area contributed by atoms with Crippen molar-refractivity contribution < 1.29 is 27.0 Å². The van der Waals surface area contributed by atoms with Gasteiger partial charge in [-0.3, -0.25) is 0 Å². The second kappa shape index (κ2) is 6.34. The van der Waals surface area contributed by atoms with E-state index in [4.69, 9.17) is 9.47 Å². The van der Waals surface area contributed by atoms with E-state index in [1.165, 1.54) is 37.4 Å². The fraction of sp³-hybridized carbons (Fsp3) is 0.333. The van der Waals surface area contributed by atoms with Crippen molar-refractivity contribution >= 4 is 0 Å². The lowest BCUT2D eigenvalue weighted by Gasteiger charge is -2.18.